The highest BCUT2D eigenvalue weighted by molar-refractivity contribution is 7.30. The lowest BCUT2D eigenvalue weighted by atomic mass is 10.9. The summed E-state index contributed by atoms with van der Waals surface area (Å²) in [7, 11) is -3.30. The summed E-state index contributed by atoms with van der Waals surface area (Å²) in [6.07, 6.45) is 0. The second-order valence-corrected chi connectivity index (χ2v) is 7.12. The molecule has 0 aromatic carbocycles. The van der Waals surface area contributed by atoms with Gasteiger partial charge in [0.1, 0.15) is 0 Å². The molecular weight excluding hydrogens is 179 g/mol. The van der Waals surface area contributed by atoms with Gasteiger partial charge in [-0.3, -0.25) is 4.57 Å². The predicted molar refractivity (Wildman–Crippen MR) is 52.0 cm³/mol. The van der Waals surface area contributed by atoms with E-state index in [1.165, 1.54) is 18.1 Å². The smallest absolute Gasteiger partial charge is 0.314 e. The number of rotatable bonds is 3. The fourth-order valence-electron chi connectivity index (χ4n) is 0.866. The first kappa shape index (κ1) is 13.9. The molecule has 0 rings (SSSR count). The summed E-state index contributed by atoms with van der Waals surface area (Å²) in [4.78, 5) is 14.3. The first-order valence-corrected chi connectivity index (χ1v) is 7.75. The van der Waals surface area contributed by atoms with Gasteiger partial charge in [0.25, 0.3) is 0 Å². The van der Waals surface area contributed by atoms with E-state index in [9.17, 15) is 0 Å². The molecule has 0 aromatic heterocycles. The second-order valence-electron chi connectivity index (χ2n) is 2.37. The van der Waals surface area contributed by atoms with Gasteiger partial charge < -0.3 is 9.79 Å². The molecule has 0 atom stereocenters. The zero-order chi connectivity index (χ0) is 9.28. The summed E-state index contributed by atoms with van der Waals surface area (Å²) < 4.78 is 8.74. The SMILES string of the molecule is CC[SiH](CC)CC.O=[PH](O)O. The Balaban J connectivity index is 0. The van der Waals surface area contributed by atoms with E-state index >= 15 is 0 Å². The third kappa shape index (κ3) is 17.9. The maximum atomic E-state index is 8.74. The largest absolute Gasteiger partial charge is 0.326 e. The van der Waals surface area contributed by atoms with E-state index in [2.05, 4.69) is 20.8 Å². The fraction of sp³-hybridized carbons (Fsp3) is 1.00. The van der Waals surface area contributed by atoms with Crippen molar-refractivity contribution in [2.24, 2.45) is 0 Å². The van der Waals surface area contributed by atoms with Gasteiger partial charge in [0.15, 0.2) is 0 Å². The van der Waals surface area contributed by atoms with Crippen molar-refractivity contribution < 1.29 is 14.4 Å². The minimum Gasteiger partial charge on any atom is -0.326 e. The van der Waals surface area contributed by atoms with Crippen molar-refractivity contribution in [1.29, 1.82) is 0 Å². The molecule has 70 valence electrons. The van der Waals surface area contributed by atoms with Crippen LogP contribution in [0.1, 0.15) is 20.8 Å². The summed E-state index contributed by atoms with van der Waals surface area (Å²) in [5.74, 6) is 0. The van der Waals surface area contributed by atoms with E-state index in [-0.39, 0.29) is 8.80 Å². The molecule has 0 spiro atoms. The monoisotopic (exact) mass is 198 g/mol. The molecule has 0 radical (unpaired) electrons. The maximum Gasteiger partial charge on any atom is 0.314 e. The van der Waals surface area contributed by atoms with Gasteiger partial charge in [0, 0.05) is 8.80 Å². The highest BCUT2D eigenvalue weighted by Crippen LogP contribution is 2.01. The number of hydrogen-bond donors (Lipinski definition) is 2. The van der Waals surface area contributed by atoms with Gasteiger partial charge in [-0.2, -0.15) is 0 Å². The van der Waals surface area contributed by atoms with Crippen molar-refractivity contribution in [2.75, 3.05) is 0 Å². The topological polar surface area (TPSA) is 57.5 Å². The van der Waals surface area contributed by atoms with Gasteiger partial charge in [0.05, 0.1) is 0 Å². The molecule has 0 aliphatic carbocycles. The highest BCUT2D eigenvalue weighted by atomic mass is 31.1. The van der Waals surface area contributed by atoms with Crippen LogP contribution in [0.5, 0.6) is 0 Å². The lowest BCUT2D eigenvalue weighted by Crippen LogP contribution is -2.04. The highest BCUT2D eigenvalue weighted by Gasteiger charge is 1.98. The normalized spacial score (nSPS) is 9.73. The van der Waals surface area contributed by atoms with Crippen LogP contribution < -0.4 is 0 Å². The average Bonchev–Trinajstić information content (AvgIpc) is 1.90. The lowest BCUT2D eigenvalue weighted by molar-refractivity contribution is 0.405. The Bertz CT molecular complexity index is 86.3. The molecular formula is C6H19O3PSi. The van der Waals surface area contributed by atoms with Crippen molar-refractivity contribution in [3.8, 4) is 0 Å². The summed E-state index contributed by atoms with van der Waals surface area (Å²) >= 11 is 0. The summed E-state index contributed by atoms with van der Waals surface area (Å²) in [5.41, 5.74) is 0. The zero-order valence-corrected chi connectivity index (χ0v) is 9.66. The molecule has 0 unspecified atom stereocenters. The van der Waals surface area contributed by atoms with Gasteiger partial charge in [-0.15, -0.1) is 0 Å². The Morgan fingerprint density at radius 3 is 1.27 bits per heavy atom. The average molecular weight is 198 g/mol. The maximum absolute atomic E-state index is 8.74. The van der Waals surface area contributed by atoms with Crippen molar-refractivity contribution in [3.63, 3.8) is 0 Å². The molecule has 0 saturated carbocycles. The molecule has 0 saturated heterocycles. The molecule has 5 heteroatoms. The van der Waals surface area contributed by atoms with E-state index in [4.69, 9.17) is 14.4 Å². The predicted octanol–water partition coefficient (Wildman–Crippen LogP) is 1.63. The van der Waals surface area contributed by atoms with Crippen LogP contribution in [-0.2, 0) is 4.57 Å². The number of hydrogen-bond acceptors (Lipinski definition) is 1. The minimum absolute atomic E-state index is 0.171. The molecule has 3 nitrogen and oxygen atoms in total. The van der Waals surface area contributed by atoms with Crippen molar-refractivity contribution in [2.45, 2.75) is 38.9 Å². The Morgan fingerprint density at radius 1 is 1.09 bits per heavy atom. The molecule has 0 fully saturated rings. The third-order valence-corrected chi connectivity index (χ3v) is 5.20. The van der Waals surface area contributed by atoms with Crippen LogP contribution in [0.4, 0.5) is 0 Å². The Kier molecular flexibility index (Phi) is 13.1. The van der Waals surface area contributed by atoms with E-state index in [0.717, 1.165) is 0 Å². The van der Waals surface area contributed by atoms with Crippen molar-refractivity contribution >= 4 is 17.1 Å². The van der Waals surface area contributed by atoms with Gasteiger partial charge in [-0.05, 0) is 0 Å². The second kappa shape index (κ2) is 10.4. The van der Waals surface area contributed by atoms with Gasteiger partial charge in [-0.1, -0.05) is 38.9 Å². The van der Waals surface area contributed by atoms with Crippen LogP contribution in [0.25, 0.3) is 0 Å². The van der Waals surface area contributed by atoms with E-state index in [0.29, 0.717) is 0 Å². The van der Waals surface area contributed by atoms with E-state index in [1.807, 2.05) is 0 Å². The van der Waals surface area contributed by atoms with E-state index in [1.54, 1.807) is 0 Å². The van der Waals surface area contributed by atoms with Crippen molar-refractivity contribution in [3.05, 3.63) is 0 Å². The van der Waals surface area contributed by atoms with Crippen LogP contribution in [-0.4, -0.2) is 18.6 Å². The first-order chi connectivity index (χ1) is 5.08. The zero-order valence-electron chi connectivity index (χ0n) is 7.50. The van der Waals surface area contributed by atoms with Crippen LogP contribution in [0, 0.1) is 0 Å². The Hall–Kier alpha value is 0.367. The van der Waals surface area contributed by atoms with Gasteiger partial charge in [0.2, 0.25) is 0 Å². The molecule has 0 aliphatic rings. The quantitative estimate of drug-likeness (QED) is 0.535. The molecule has 0 aromatic rings. The standard InChI is InChI=1S/C6H16Si.H3O3P/c1-4-7(5-2)6-3;1-4(2)3/h7H,4-6H2,1-3H3;4H,(H2,1,2,3). The van der Waals surface area contributed by atoms with Crippen LogP contribution >= 0.6 is 8.25 Å². The van der Waals surface area contributed by atoms with Crippen LogP contribution in [0.3, 0.4) is 0 Å². The first-order valence-electron chi connectivity index (χ1n) is 4.00. The molecule has 11 heavy (non-hydrogen) atoms. The van der Waals surface area contributed by atoms with Crippen LogP contribution in [0.2, 0.25) is 18.1 Å². The summed E-state index contributed by atoms with van der Waals surface area (Å²) in [5, 5.41) is 0. The Morgan fingerprint density at radius 2 is 1.27 bits per heavy atom. The lowest BCUT2D eigenvalue weighted by Gasteiger charge is -2.03. The van der Waals surface area contributed by atoms with Gasteiger partial charge >= 0.3 is 8.25 Å². The Labute approximate surface area is 71.0 Å². The molecule has 0 aliphatic heterocycles. The van der Waals surface area contributed by atoms with Crippen molar-refractivity contribution in [1.82, 2.24) is 0 Å². The molecule has 2 N–H and O–H groups in total. The van der Waals surface area contributed by atoms with Gasteiger partial charge in [-0.25, -0.2) is 0 Å². The van der Waals surface area contributed by atoms with Crippen LogP contribution in [0.15, 0.2) is 0 Å². The fourth-order valence-corrected chi connectivity index (χ4v) is 2.60. The van der Waals surface area contributed by atoms with E-state index < -0.39 is 8.25 Å². The third-order valence-electron chi connectivity index (χ3n) is 1.73. The molecule has 0 amide bonds. The summed E-state index contributed by atoms with van der Waals surface area (Å²) in [6, 6.07) is 4.48. The minimum atomic E-state index is -3.13. The molecule has 0 bridgehead atoms. The summed E-state index contributed by atoms with van der Waals surface area (Å²) in [6.45, 7) is 6.97. The molecule has 0 heterocycles.